The molecule has 2 saturated heterocycles. The topological polar surface area (TPSA) is 73.8 Å². The third-order valence-electron chi connectivity index (χ3n) is 5.91. The van der Waals surface area contributed by atoms with E-state index in [1.165, 1.54) is 0 Å². The Balaban J connectivity index is 1.59. The van der Waals surface area contributed by atoms with Crippen LogP contribution in [0.1, 0.15) is 32.3 Å². The molecule has 1 amide bonds. The Hall–Kier alpha value is -1.93. The fraction of sp³-hybridized carbons (Fsp3) is 0.762. The number of ether oxygens (including phenoxy) is 1. The molecule has 162 valence electrons. The van der Waals surface area contributed by atoms with Gasteiger partial charge in [-0.2, -0.15) is 4.98 Å². The fourth-order valence-electron chi connectivity index (χ4n) is 4.08. The van der Waals surface area contributed by atoms with Gasteiger partial charge in [0.25, 0.3) is 0 Å². The molecule has 1 N–H and O–H groups in total. The zero-order valence-corrected chi connectivity index (χ0v) is 18.2. The number of hydrogen-bond acceptors (Lipinski definition) is 7. The van der Waals surface area contributed by atoms with Crippen LogP contribution in [0, 0.1) is 12.8 Å². The Bertz CT molecular complexity index is 661. The molecule has 3 rings (SSSR count). The van der Waals surface area contributed by atoms with Gasteiger partial charge in [0.15, 0.2) is 0 Å². The van der Waals surface area contributed by atoms with Crippen LogP contribution in [-0.2, 0) is 9.53 Å². The molecule has 1 unspecified atom stereocenters. The molecule has 2 fully saturated rings. The lowest BCUT2D eigenvalue weighted by molar-refractivity contribution is -0.135. The SMILES string of the molecule is CCN(CC)C(=O)C1CCCN(c2ncc(C)c(NCCN3CCOCC3)n2)C1. The van der Waals surface area contributed by atoms with Crippen molar-refractivity contribution in [3.63, 3.8) is 0 Å². The molecule has 1 atom stereocenters. The van der Waals surface area contributed by atoms with Crippen molar-refractivity contribution in [1.29, 1.82) is 0 Å². The van der Waals surface area contributed by atoms with Gasteiger partial charge in [-0.25, -0.2) is 4.98 Å². The van der Waals surface area contributed by atoms with E-state index in [0.29, 0.717) is 6.54 Å². The van der Waals surface area contributed by atoms with Crippen LogP contribution < -0.4 is 10.2 Å². The summed E-state index contributed by atoms with van der Waals surface area (Å²) in [5.41, 5.74) is 1.04. The summed E-state index contributed by atoms with van der Waals surface area (Å²) in [5.74, 6) is 1.91. The average Bonchev–Trinajstić information content (AvgIpc) is 2.76. The van der Waals surface area contributed by atoms with E-state index in [1.807, 2.05) is 31.9 Å². The number of carbonyl (C=O) groups excluding carboxylic acids is 1. The van der Waals surface area contributed by atoms with Gasteiger partial charge in [0, 0.05) is 64.1 Å². The number of hydrogen-bond donors (Lipinski definition) is 1. The molecule has 2 aliphatic rings. The molecule has 1 aromatic rings. The van der Waals surface area contributed by atoms with E-state index in [2.05, 4.69) is 20.1 Å². The van der Waals surface area contributed by atoms with Gasteiger partial charge >= 0.3 is 0 Å². The number of nitrogens with one attached hydrogen (secondary N) is 1. The molecule has 0 saturated carbocycles. The number of rotatable bonds is 8. The first-order valence-electron chi connectivity index (χ1n) is 11.0. The molecule has 8 nitrogen and oxygen atoms in total. The number of piperidine rings is 1. The number of amides is 1. The normalized spacial score (nSPS) is 20.5. The first-order chi connectivity index (χ1) is 14.1. The van der Waals surface area contributed by atoms with Crippen molar-refractivity contribution in [3.8, 4) is 0 Å². The van der Waals surface area contributed by atoms with Crippen LogP contribution in [0.15, 0.2) is 6.20 Å². The summed E-state index contributed by atoms with van der Waals surface area (Å²) in [5, 5.41) is 3.47. The lowest BCUT2D eigenvalue weighted by Crippen LogP contribution is -2.45. The fourth-order valence-corrected chi connectivity index (χ4v) is 4.08. The molecule has 0 spiro atoms. The number of nitrogens with zero attached hydrogens (tertiary/aromatic N) is 5. The van der Waals surface area contributed by atoms with Crippen molar-refractivity contribution in [2.75, 3.05) is 75.8 Å². The van der Waals surface area contributed by atoms with E-state index in [9.17, 15) is 4.79 Å². The highest BCUT2D eigenvalue weighted by molar-refractivity contribution is 5.79. The minimum atomic E-state index is 0.0336. The van der Waals surface area contributed by atoms with Gasteiger partial charge in [-0.3, -0.25) is 9.69 Å². The second-order valence-electron chi connectivity index (χ2n) is 7.88. The Morgan fingerprint density at radius 1 is 1.28 bits per heavy atom. The molecule has 0 bridgehead atoms. The third kappa shape index (κ3) is 5.79. The number of aryl methyl sites for hydroxylation is 1. The van der Waals surface area contributed by atoms with Gasteiger partial charge in [0.1, 0.15) is 5.82 Å². The average molecular weight is 405 g/mol. The maximum absolute atomic E-state index is 12.8. The van der Waals surface area contributed by atoms with Crippen LogP contribution in [0.5, 0.6) is 0 Å². The highest BCUT2D eigenvalue weighted by Crippen LogP contribution is 2.24. The van der Waals surface area contributed by atoms with Crippen LogP contribution in [0.4, 0.5) is 11.8 Å². The minimum absolute atomic E-state index is 0.0336. The molecule has 0 aromatic carbocycles. The molecule has 0 radical (unpaired) electrons. The van der Waals surface area contributed by atoms with Crippen molar-refractivity contribution in [1.82, 2.24) is 19.8 Å². The largest absolute Gasteiger partial charge is 0.379 e. The van der Waals surface area contributed by atoms with Crippen LogP contribution >= 0.6 is 0 Å². The Labute approximate surface area is 174 Å². The van der Waals surface area contributed by atoms with Gasteiger partial charge in [-0.15, -0.1) is 0 Å². The van der Waals surface area contributed by atoms with E-state index in [-0.39, 0.29) is 11.8 Å². The summed E-state index contributed by atoms with van der Waals surface area (Å²) in [6.45, 7) is 14.7. The van der Waals surface area contributed by atoms with Gasteiger partial charge < -0.3 is 19.9 Å². The monoisotopic (exact) mass is 404 g/mol. The van der Waals surface area contributed by atoms with Gasteiger partial charge in [0.05, 0.1) is 19.1 Å². The first-order valence-corrected chi connectivity index (χ1v) is 11.0. The van der Waals surface area contributed by atoms with Crippen LogP contribution in [0.3, 0.4) is 0 Å². The number of anilines is 2. The van der Waals surface area contributed by atoms with E-state index < -0.39 is 0 Å². The summed E-state index contributed by atoms with van der Waals surface area (Å²) < 4.78 is 5.41. The van der Waals surface area contributed by atoms with Gasteiger partial charge in [-0.1, -0.05) is 0 Å². The van der Waals surface area contributed by atoms with Gasteiger partial charge in [-0.05, 0) is 33.6 Å². The smallest absolute Gasteiger partial charge is 0.227 e. The van der Waals surface area contributed by atoms with Crippen molar-refractivity contribution in [3.05, 3.63) is 11.8 Å². The van der Waals surface area contributed by atoms with Crippen molar-refractivity contribution in [2.24, 2.45) is 5.92 Å². The van der Waals surface area contributed by atoms with Crippen molar-refractivity contribution >= 4 is 17.7 Å². The number of carbonyl (C=O) groups is 1. The highest BCUT2D eigenvalue weighted by atomic mass is 16.5. The van der Waals surface area contributed by atoms with Crippen LogP contribution in [0.2, 0.25) is 0 Å². The van der Waals surface area contributed by atoms with Crippen LogP contribution in [0.25, 0.3) is 0 Å². The number of aromatic nitrogens is 2. The highest BCUT2D eigenvalue weighted by Gasteiger charge is 2.29. The van der Waals surface area contributed by atoms with E-state index in [4.69, 9.17) is 9.72 Å². The quantitative estimate of drug-likeness (QED) is 0.706. The molecular weight excluding hydrogens is 368 g/mol. The predicted molar refractivity (Wildman–Crippen MR) is 115 cm³/mol. The van der Waals surface area contributed by atoms with Crippen molar-refractivity contribution in [2.45, 2.75) is 33.6 Å². The Morgan fingerprint density at radius 3 is 2.76 bits per heavy atom. The molecular formula is C21H36N6O2. The molecule has 1 aromatic heterocycles. The maximum Gasteiger partial charge on any atom is 0.227 e. The summed E-state index contributed by atoms with van der Waals surface area (Å²) >= 11 is 0. The summed E-state index contributed by atoms with van der Waals surface area (Å²) in [7, 11) is 0. The summed E-state index contributed by atoms with van der Waals surface area (Å²) in [6.07, 6.45) is 3.83. The summed E-state index contributed by atoms with van der Waals surface area (Å²) in [6, 6.07) is 0. The molecule has 29 heavy (non-hydrogen) atoms. The van der Waals surface area contributed by atoms with Crippen LogP contribution in [-0.4, -0.2) is 91.2 Å². The number of morpholine rings is 1. The molecule has 3 heterocycles. The molecule has 0 aliphatic carbocycles. The molecule has 8 heteroatoms. The third-order valence-corrected chi connectivity index (χ3v) is 5.91. The minimum Gasteiger partial charge on any atom is -0.379 e. The van der Waals surface area contributed by atoms with E-state index in [1.54, 1.807) is 0 Å². The predicted octanol–water partition coefficient (Wildman–Crippen LogP) is 1.61. The molecule has 2 aliphatic heterocycles. The summed E-state index contributed by atoms with van der Waals surface area (Å²) in [4.78, 5) is 28.6. The lowest BCUT2D eigenvalue weighted by atomic mass is 9.96. The first kappa shape index (κ1) is 21.8. The standard InChI is InChI=1S/C21H36N6O2/c1-4-26(5-2)20(28)18-7-6-9-27(16-18)21-23-15-17(3)19(24-21)22-8-10-25-11-13-29-14-12-25/h15,18H,4-14,16H2,1-3H3,(H,22,23,24). The second kappa shape index (κ2) is 10.7. The van der Waals surface area contributed by atoms with Crippen molar-refractivity contribution < 1.29 is 9.53 Å². The Kier molecular flexibility index (Phi) is 8.06. The van der Waals surface area contributed by atoms with E-state index in [0.717, 1.165) is 89.2 Å². The zero-order valence-electron chi connectivity index (χ0n) is 18.2. The van der Waals surface area contributed by atoms with Gasteiger partial charge in [0.2, 0.25) is 11.9 Å². The Morgan fingerprint density at radius 2 is 2.03 bits per heavy atom. The zero-order chi connectivity index (χ0) is 20.6. The maximum atomic E-state index is 12.8. The second-order valence-corrected chi connectivity index (χ2v) is 7.88. The van der Waals surface area contributed by atoms with E-state index >= 15 is 0 Å². The lowest BCUT2D eigenvalue weighted by Gasteiger charge is -2.34.